The minimum atomic E-state index is -0.797. The summed E-state index contributed by atoms with van der Waals surface area (Å²) in [5.41, 5.74) is 0. The van der Waals surface area contributed by atoms with Crippen LogP contribution in [-0.2, 0) is 0 Å². The molecule has 6 heteroatoms. The third-order valence-corrected chi connectivity index (χ3v) is 3.24. The molecule has 0 heterocycles. The van der Waals surface area contributed by atoms with Crippen LogP contribution < -0.4 is 4.74 Å². The molecule has 2 aromatic carbocycles. The average molecular weight is 380 g/mol. The summed E-state index contributed by atoms with van der Waals surface area (Å²) in [4.78, 5) is 0. The number of hydrogen-bond donors (Lipinski definition) is 1. The van der Waals surface area contributed by atoms with Gasteiger partial charge in [0.1, 0.15) is 0 Å². The predicted octanol–water partition coefficient (Wildman–Crippen LogP) is 4.99. The lowest BCUT2D eigenvalue weighted by Crippen LogP contribution is -1.93. The smallest absolute Gasteiger partial charge is 0.205 e. The lowest BCUT2D eigenvalue weighted by Gasteiger charge is -2.10. The van der Waals surface area contributed by atoms with Gasteiger partial charge in [0.05, 0.1) is 4.47 Å². The first kappa shape index (κ1) is 13.3. The third kappa shape index (κ3) is 2.64. The van der Waals surface area contributed by atoms with E-state index in [0.717, 1.165) is 0 Å². The molecule has 0 aliphatic carbocycles. The van der Waals surface area contributed by atoms with Crippen molar-refractivity contribution in [2.75, 3.05) is 0 Å². The number of hydrogen-bond acceptors (Lipinski definition) is 2. The fourth-order valence-electron chi connectivity index (χ4n) is 1.28. The number of phenols is 1. The van der Waals surface area contributed by atoms with Crippen LogP contribution in [0.5, 0.6) is 17.2 Å². The summed E-state index contributed by atoms with van der Waals surface area (Å²) in [6.07, 6.45) is 0. The Bertz CT molecular complexity index is 603. The van der Waals surface area contributed by atoms with E-state index in [2.05, 4.69) is 31.9 Å². The monoisotopic (exact) mass is 378 g/mol. The first-order valence-corrected chi connectivity index (χ1v) is 6.37. The Balaban J connectivity index is 2.46. The van der Waals surface area contributed by atoms with Gasteiger partial charge >= 0.3 is 0 Å². The zero-order valence-electron chi connectivity index (χ0n) is 8.75. The largest absolute Gasteiger partial charge is 0.504 e. The van der Waals surface area contributed by atoms with E-state index in [1.165, 1.54) is 30.3 Å². The molecule has 0 bridgehead atoms. The maximum atomic E-state index is 13.7. The molecule has 2 aromatic rings. The van der Waals surface area contributed by atoms with Crippen LogP contribution in [0.3, 0.4) is 0 Å². The first-order chi connectivity index (χ1) is 8.49. The molecular weight excluding hydrogens is 374 g/mol. The quantitative estimate of drug-likeness (QED) is 0.796. The van der Waals surface area contributed by atoms with E-state index in [9.17, 15) is 13.9 Å². The van der Waals surface area contributed by atoms with Crippen LogP contribution in [-0.4, -0.2) is 5.11 Å². The number of phenolic OH excluding ortho intramolecular Hbond substituents is 1. The normalized spacial score (nSPS) is 10.4. The Morgan fingerprint density at radius 2 is 1.78 bits per heavy atom. The van der Waals surface area contributed by atoms with Crippen LogP contribution >= 0.6 is 31.9 Å². The zero-order chi connectivity index (χ0) is 13.3. The Hall–Kier alpha value is -1.14. The van der Waals surface area contributed by atoms with Crippen LogP contribution in [0.4, 0.5) is 8.78 Å². The van der Waals surface area contributed by atoms with Crippen molar-refractivity contribution >= 4 is 31.9 Å². The minimum Gasteiger partial charge on any atom is -0.504 e. The Labute approximate surface area is 118 Å². The molecule has 0 radical (unpaired) electrons. The molecule has 2 nitrogen and oxygen atoms in total. The molecule has 18 heavy (non-hydrogen) atoms. The summed E-state index contributed by atoms with van der Waals surface area (Å²) < 4.78 is 32.9. The summed E-state index contributed by atoms with van der Waals surface area (Å²) in [7, 11) is 0. The third-order valence-electron chi connectivity index (χ3n) is 2.13. The molecule has 0 spiro atoms. The van der Waals surface area contributed by atoms with Gasteiger partial charge in [-0.25, -0.2) is 8.78 Å². The second kappa shape index (κ2) is 5.24. The van der Waals surface area contributed by atoms with Gasteiger partial charge in [0.2, 0.25) is 5.75 Å². The fraction of sp³-hybridized carbons (Fsp3) is 0. The van der Waals surface area contributed by atoms with E-state index >= 15 is 0 Å². The van der Waals surface area contributed by atoms with Gasteiger partial charge < -0.3 is 9.84 Å². The maximum Gasteiger partial charge on any atom is 0.205 e. The highest BCUT2D eigenvalue weighted by Gasteiger charge is 2.16. The molecule has 2 rings (SSSR count). The highest BCUT2D eigenvalue weighted by Crippen LogP contribution is 2.38. The Morgan fingerprint density at radius 1 is 1.06 bits per heavy atom. The van der Waals surface area contributed by atoms with E-state index in [1.807, 2.05) is 0 Å². The van der Waals surface area contributed by atoms with Gasteiger partial charge in [-0.3, -0.25) is 0 Å². The fourth-order valence-corrected chi connectivity index (χ4v) is 1.94. The summed E-state index contributed by atoms with van der Waals surface area (Å²) in [5, 5.41) is 9.52. The van der Waals surface area contributed by atoms with Gasteiger partial charge in [0.15, 0.2) is 23.1 Å². The topological polar surface area (TPSA) is 29.5 Å². The SMILES string of the molecule is Oc1ccc(Br)c(F)c1Oc1cc(Br)ccc1F. The molecule has 94 valence electrons. The number of benzene rings is 2. The van der Waals surface area contributed by atoms with Crippen LogP contribution in [0, 0.1) is 11.6 Å². The number of ether oxygens (including phenoxy) is 1. The first-order valence-electron chi connectivity index (χ1n) is 4.79. The van der Waals surface area contributed by atoms with E-state index in [-0.39, 0.29) is 10.2 Å². The van der Waals surface area contributed by atoms with Crippen molar-refractivity contribution in [3.63, 3.8) is 0 Å². The van der Waals surface area contributed by atoms with E-state index in [4.69, 9.17) is 4.74 Å². The number of aromatic hydroxyl groups is 1. The van der Waals surface area contributed by atoms with Gasteiger partial charge in [-0.05, 0) is 46.3 Å². The lowest BCUT2D eigenvalue weighted by atomic mass is 10.3. The van der Waals surface area contributed by atoms with Crippen LogP contribution in [0.15, 0.2) is 39.3 Å². The molecule has 0 atom stereocenters. The molecule has 0 saturated heterocycles. The lowest BCUT2D eigenvalue weighted by molar-refractivity contribution is 0.373. The second-order valence-corrected chi connectivity index (χ2v) is 5.16. The van der Waals surface area contributed by atoms with Crippen molar-refractivity contribution < 1.29 is 18.6 Å². The van der Waals surface area contributed by atoms with Gasteiger partial charge in [-0.15, -0.1) is 0 Å². The molecular formula is C12H6Br2F2O2. The summed E-state index contributed by atoms with van der Waals surface area (Å²) in [5.74, 6) is -2.47. The molecule has 0 aromatic heterocycles. The van der Waals surface area contributed by atoms with Crippen molar-refractivity contribution in [3.8, 4) is 17.2 Å². The Kier molecular flexibility index (Phi) is 3.87. The van der Waals surface area contributed by atoms with Gasteiger partial charge in [-0.1, -0.05) is 15.9 Å². The number of halogens is 4. The molecule has 0 fully saturated rings. The van der Waals surface area contributed by atoms with E-state index in [0.29, 0.717) is 4.47 Å². The zero-order valence-corrected chi connectivity index (χ0v) is 11.9. The van der Waals surface area contributed by atoms with Crippen molar-refractivity contribution in [3.05, 3.63) is 50.9 Å². The van der Waals surface area contributed by atoms with E-state index in [1.54, 1.807) is 0 Å². The number of rotatable bonds is 2. The van der Waals surface area contributed by atoms with Crippen molar-refractivity contribution in [2.45, 2.75) is 0 Å². The molecule has 1 N–H and O–H groups in total. The molecule has 0 unspecified atom stereocenters. The van der Waals surface area contributed by atoms with Crippen LogP contribution in [0.1, 0.15) is 0 Å². The highest BCUT2D eigenvalue weighted by molar-refractivity contribution is 9.10. The van der Waals surface area contributed by atoms with Gasteiger partial charge in [0.25, 0.3) is 0 Å². The summed E-state index contributed by atoms with van der Waals surface area (Å²) >= 11 is 6.11. The molecule has 0 aliphatic rings. The molecule has 0 aliphatic heterocycles. The van der Waals surface area contributed by atoms with Gasteiger partial charge in [0, 0.05) is 4.47 Å². The van der Waals surface area contributed by atoms with Crippen molar-refractivity contribution in [1.29, 1.82) is 0 Å². The summed E-state index contributed by atoms with van der Waals surface area (Å²) in [6, 6.07) is 6.58. The minimum absolute atomic E-state index is 0.116. The molecule has 0 saturated carbocycles. The highest BCUT2D eigenvalue weighted by atomic mass is 79.9. The maximum absolute atomic E-state index is 13.7. The van der Waals surface area contributed by atoms with Gasteiger partial charge in [-0.2, -0.15) is 0 Å². The summed E-state index contributed by atoms with van der Waals surface area (Å²) in [6.45, 7) is 0. The van der Waals surface area contributed by atoms with Crippen molar-refractivity contribution in [2.24, 2.45) is 0 Å². The molecule has 0 amide bonds. The van der Waals surface area contributed by atoms with Crippen LogP contribution in [0.25, 0.3) is 0 Å². The Morgan fingerprint density at radius 3 is 2.50 bits per heavy atom. The van der Waals surface area contributed by atoms with E-state index < -0.39 is 23.1 Å². The second-order valence-electron chi connectivity index (χ2n) is 3.39. The standard InChI is InChI=1S/C12H6Br2F2O2/c13-6-1-3-8(15)10(5-6)18-12-9(17)4-2-7(14)11(12)16/h1-5,17H. The van der Waals surface area contributed by atoms with Crippen LogP contribution in [0.2, 0.25) is 0 Å². The average Bonchev–Trinajstić information content (AvgIpc) is 2.34. The predicted molar refractivity (Wildman–Crippen MR) is 69.9 cm³/mol. The van der Waals surface area contributed by atoms with Crippen molar-refractivity contribution in [1.82, 2.24) is 0 Å².